The Hall–Kier alpha value is -2.84. The normalized spacial score (nSPS) is 14.1. The lowest BCUT2D eigenvalue weighted by atomic mass is 10.3. The Morgan fingerprint density at radius 1 is 1.04 bits per heavy atom. The van der Waals surface area contributed by atoms with Crippen LogP contribution in [-0.4, -0.2) is 47.1 Å². The molecule has 27 heavy (non-hydrogen) atoms. The minimum atomic E-state index is -1.01. The first-order valence-electron chi connectivity index (χ1n) is 7.82. The zero-order valence-electron chi connectivity index (χ0n) is 14.1. The molecule has 1 saturated heterocycles. The van der Waals surface area contributed by atoms with E-state index in [1.807, 2.05) is 24.3 Å². The van der Waals surface area contributed by atoms with Crippen molar-refractivity contribution in [3.63, 3.8) is 0 Å². The number of imide groups is 2. The summed E-state index contributed by atoms with van der Waals surface area (Å²) in [5.41, 5.74) is 0.529. The second-order valence-electron chi connectivity index (χ2n) is 5.64. The molecule has 1 aliphatic rings. The molecular formula is C18H14ClN3O4S. The second-order valence-corrected chi connectivity index (χ2v) is 7.19. The third-order valence-electron chi connectivity index (χ3n) is 3.75. The summed E-state index contributed by atoms with van der Waals surface area (Å²) in [4.78, 5) is 50.5. The van der Waals surface area contributed by atoms with Gasteiger partial charge in [-0.3, -0.25) is 19.3 Å². The van der Waals surface area contributed by atoms with Crippen LogP contribution < -0.4 is 5.32 Å². The Labute approximate surface area is 164 Å². The van der Waals surface area contributed by atoms with Crippen molar-refractivity contribution in [2.24, 2.45) is 0 Å². The molecule has 0 aliphatic carbocycles. The number of anilines is 1. The van der Waals surface area contributed by atoms with Gasteiger partial charge in [0.25, 0.3) is 0 Å². The molecule has 2 aromatic carbocycles. The minimum absolute atomic E-state index is 0.529. The van der Waals surface area contributed by atoms with E-state index in [0.717, 1.165) is 9.79 Å². The molecule has 0 unspecified atom stereocenters. The molecule has 0 bridgehead atoms. The highest BCUT2D eigenvalue weighted by Gasteiger charge is 2.43. The average molecular weight is 404 g/mol. The van der Waals surface area contributed by atoms with Gasteiger partial charge in [0.05, 0.1) is 5.69 Å². The summed E-state index contributed by atoms with van der Waals surface area (Å²) < 4.78 is 0. The van der Waals surface area contributed by atoms with Gasteiger partial charge in [0, 0.05) is 21.9 Å². The number of amides is 5. The van der Waals surface area contributed by atoms with Crippen LogP contribution in [0.3, 0.4) is 0 Å². The number of hydrogen-bond donors (Lipinski definition) is 1. The van der Waals surface area contributed by atoms with E-state index in [1.165, 1.54) is 18.8 Å². The lowest BCUT2D eigenvalue weighted by Crippen LogP contribution is -2.38. The van der Waals surface area contributed by atoms with Crippen molar-refractivity contribution in [2.75, 3.05) is 18.9 Å². The minimum Gasteiger partial charge on any atom is -0.323 e. The van der Waals surface area contributed by atoms with Gasteiger partial charge in [-0.05, 0) is 36.4 Å². The number of benzene rings is 2. The first-order chi connectivity index (χ1) is 12.9. The lowest BCUT2D eigenvalue weighted by molar-refractivity contribution is -0.143. The highest BCUT2D eigenvalue weighted by Crippen LogP contribution is 2.33. The smallest absolute Gasteiger partial charge is 0.323 e. The van der Waals surface area contributed by atoms with Crippen LogP contribution in [0.1, 0.15) is 0 Å². The van der Waals surface area contributed by atoms with E-state index in [2.05, 4.69) is 5.32 Å². The van der Waals surface area contributed by atoms with Crippen molar-refractivity contribution in [2.45, 2.75) is 9.79 Å². The highest BCUT2D eigenvalue weighted by atomic mass is 35.5. The van der Waals surface area contributed by atoms with Crippen LogP contribution in [0.15, 0.2) is 58.3 Å². The van der Waals surface area contributed by atoms with Gasteiger partial charge in [-0.1, -0.05) is 35.5 Å². The van der Waals surface area contributed by atoms with E-state index >= 15 is 0 Å². The summed E-state index contributed by atoms with van der Waals surface area (Å²) in [5, 5.41) is 3.30. The van der Waals surface area contributed by atoms with Gasteiger partial charge in [0.15, 0.2) is 0 Å². The SMILES string of the molecule is CN1C(=O)C(=O)N(CC(=O)Nc2ccccc2Sc2ccc(Cl)cc2)C1=O. The number of carbonyl (C=O) groups excluding carboxylic acids is 4. The van der Waals surface area contributed by atoms with E-state index in [0.29, 0.717) is 20.5 Å². The standard InChI is InChI=1S/C18H14ClN3O4S/c1-21-16(24)17(25)22(18(21)26)10-15(23)20-13-4-2-3-5-14(13)27-12-8-6-11(19)7-9-12/h2-9H,10H2,1H3,(H,20,23). The van der Waals surface area contributed by atoms with E-state index in [9.17, 15) is 19.2 Å². The van der Waals surface area contributed by atoms with Crippen LogP contribution in [0.2, 0.25) is 5.02 Å². The molecular weight excluding hydrogens is 390 g/mol. The Bertz CT molecular complexity index is 932. The predicted octanol–water partition coefficient (Wildman–Crippen LogP) is 2.85. The van der Waals surface area contributed by atoms with Crippen molar-refractivity contribution < 1.29 is 19.2 Å². The van der Waals surface area contributed by atoms with Gasteiger partial charge in [-0.2, -0.15) is 0 Å². The fourth-order valence-electron chi connectivity index (χ4n) is 2.38. The molecule has 9 heteroatoms. The van der Waals surface area contributed by atoms with Crippen molar-refractivity contribution in [1.82, 2.24) is 9.80 Å². The molecule has 1 aliphatic heterocycles. The second kappa shape index (κ2) is 7.81. The molecule has 7 nitrogen and oxygen atoms in total. The largest absolute Gasteiger partial charge is 0.334 e. The summed E-state index contributed by atoms with van der Waals surface area (Å²) in [7, 11) is 1.19. The number of carbonyl (C=O) groups is 4. The Morgan fingerprint density at radius 3 is 2.33 bits per heavy atom. The molecule has 1 N–H and O–H groups in total. The van der Waals surface area contributed by atoms with Gasteiger partial charge in [0.2, 0.25) is 5.91 Å². The lowest BCUT2D eigenvalue weighted by Gasteiger charge is -2.14. The summed E-state index contributed by atoms with van der Waals surface area (Å²) in [6, 6.07) is 13.6. The molecule has 1 fully saturated rings. The maximum absolute atomic E-state index is 12.3. The van der Waals surface area contributed by atoms with Crippen molar-refractivity contribution in [3.05, 3.63) is 53.6 Å². The van der Waals surface area contributed by atoms with Crippen LogP contribution >= 0.6 is 23.4 Å². The zero-order valence-corrected chi connectivity index (χ0v) is 15.7. The molecule has 0 atom stereocenters. The summed E-state index contributed by atoms with van der Waals surface area (Å²) in [5.74, 6) is -2.54. The Morgan fingerprint density at radius 2 is 1.70 bits per heavy atom. The fourth-order valence-corrected chi connectivity index (χ4v) is 3.40. The monoisotopic (exact) mass is 403 g/mol. The van der Waals surface area contributed by atoms with Crippen LogP contribution in [-0.2, 0) is 14.4 Å². The Kier molecular flexibility index (Phi) is 5.48. The fraction of sp³-hybridized carbons (Fsp3) is 0.111. The van der Waals surface area contributed by atoms with E-state index < -0.39 is 30.3 Å². The van der Waals surface area contributed by atoms with E-state index in [1.54, 1.807) is 24.3 Å². The first-order valence-corrected chi connectivity index (χ1v) is 9.02. The average Bonchev–Trinajstić information content (AvgIpc) is 2.83. The third kappa shape index (κ3) is 4.12. The summed E-state index contributed by atoms with van der Waals surface area (Å²) in [6.07, 6.45) is 0. The number of halogens is 1. The molecule has 0 aromatic heterocycles. The Balaban J connectivity index is 1.71. The molecule has 2 aromatic rings. The number of nitrogens with one attached hydrogen (secondary N) is 1. The maximum atomic E-state index is 12.3. The predicted molar refractivity (Wildman–Crippen MR) is 101 cm³/mol. The third-order valence-corrected chi connectivity index (χ3v) is 5.09. The van der Waals surface area contributed by atoms with Crippen molar-refractivity contribution in [1.29, 1.82) is 0 Å². The van der Waals surface area contributed by atoms with Gasteiger partial charge in [-0.25, -0.2) is 9.69 Å². The summed E-state index contributed by atoms with van der Waals surface area (Å²) in [6.45, 7) is -0.534. The number of nitrogens with zero attached hydrogens (tertiary/aromatic N) is 2. The molecule has 5 amide bonds. The molecule has 138 valence electrons. The maximum Gasteiger partial charge on any atom is 0.334 e. The zero-order chi connectivity index (χ0) is 19.6. The van der Waals surface area contributed by atoms with Crippen LogP contribution in [0.4, 0.5) is 10.5 Å². The number of para-hydroxylation sites is 1. The first kappa shape index (κ1) is 18.9. The van der Waals surface area contributed by atoms with E-state index in [4.69, 9.17) is 11.6 Å². The number of likely N-dealkylation sites (N-methyl/N-ethyl adjacent to an activating group) is 1. The summed E-state index contributed by atoms with van der Waals surface area (Å²) >= 11 is 7.31. The molecule has 0 spiro atoms. The van der Waals surface area contributed by atoms with Gasteiger partial charge in [-0.15, -0.1) is 0 Å². The number of rotatable bonds is 5. The van der Waals surface area contributed by atoms with Gasteiger partial charge < -0.3 is 5.32 Å². The highest BCUT2D eigenvalue weighted by molar-refractivity contribution is 7.99. The van der Waals surface area contributed by atoms with Gasteiger partial charge >= 0.3 is 17.8 Å². The van der Waals surface area contributed by atoms with Crippen LogP contribution in [0.5, 0.6) is 0 Å². The van der Waals surface area contributed by atoms with Gasteiger partial charge in [0.1, 0.15) is 6.54 Å². The van der Waals surface area contributed by atoms with E-state index in [-0.39, 0.29) is 0 Å². The van der Waals surface area contributed by atoms with Crippen LogP contribution in [0.25, 0.3) is 0 Å². The molecule has 1 heterocycles. The molecule has 0 radical (unpaired) electrons. The number of urea groups is 1. The quantitative estimate of drug-likeness (QED) is 0.612. The molecule has 3 rings (SSSR count). The van der Waals surface area contributed by atoms with Crippen molar-refractivity contribution in [3.8, 4) is 0 Å². The van der Waals surface area contributed by atoms with Crippen LogP contribution in [0, 0.1) is 0 Å². The number of hydrogen-bond acceptors (Lipinski definition) is 5. The molecule has 0 saturated carbocycles. The topological polar surface area (TPSA) is 86.8 Å². The van der Waals surface area contributed by atoms with Crippen molar-refractivity contribution >= 4 is 52.8 Å².